The van der Waals surface area contributed by atoms with Crippen LogP contribution in [0.5, 0.6) is 11.5 Å². The molecule has 0 unspecified atom stereocenters. The van der Waals surface area contributed by atoms with E-state index in [1.807, 2.05) is 0 Å². The standard InChI is InChI=1S/C13H10BrNO3/c14-10-6-9(12(17)7-13(10)18)11(16)5-8-3-1-2-4-15-8/h1-4,6-7,17-18H,5H2. The molecule has 0 fully saturated rings. The van der Waals surface area contributed by atoms with Crippen LogP contribution in [0.25, 0.3) is 0 Å². The van der Waals surface area contributed by atoms with Gasteiger partial charge in [-0.3, -0.25) is 9.78 Å². The molecular weight excluding hydrogens is 298 g/mol. The summed E-state index contributed by atoms with van der Waals surface area (Å²) >= 11 is 3.10. The molecule has 1 aromatic carbocycles. The Morgan fingerprint density at radius 3 is 2.67 bits per heavy atom. The van der Waals surface area contributed by atoms with E-state index < -0.39 is 0 Å². The zero-order valence-corrected chi connectivity index (χ0v) is 10.9. The molecule has 0 bridgehead atoms. The third-order valence-corrected chi connectivity index (χ3v) is 3.07. The smallest absolute Gasteiger partial charge is 0.172 e. The summed E-state index contributed by atoms with van der Waals surface area (Å²) in [5.74, 6) is -0.606. The summed E-state index contributed by atoms with van der Waals surface area (Å²) < 4.78 is 0.365. The van der Waals surface area contributed by atoms with Gasteiger partial charge >= 0.3 is 0 Å². The Hall–Kier alpha value is -1.88. The molecule has 1 heterocycles. The largest absolute Gasteiger partial charge is 0.507 e. The van der Waals surface area contributed by atoms with Gasteiger partial charge in [-0.05, 0) is 34.1 Å². The quantitative estimate of drug-likeness (QED) is 0.855. The fourth-order valence-corrected chi connectivity index (χ4v) is 1.88. The summed E-state index contributed by atoms with van der Waals surface area (Å²) in [5.41, 5.74) is 0.788. The second-order valence-corrected chi connectivity index (χ2v) is 4.60. The van der Waals surface area contributed by atoms with E-state index >= 15 is 0 Å². The van der Waals surface area contributed by atoms with Crippen molar-refractivity contribution in [3.05, 3.63) is 52.3 Å². The van der Waals surface area contributed by atoms with Gasteiger partial charge in [0, 0.05) is 18.0 Å². The molecule has 0 aliphatic carbocycles. The second kappa shape index (κ2) is 5.18. The number of aromatic nitrogens is 1. The molecular formula is C13H10BrNO3. The minimum atomic E-state index is -0.257. The SMILES string of the molecule is O=C(Cc1ccccn1)c1cc(Br)c(O)cc1O. The summed E-state index contributed by atoms with van der Waals surface area (Å²) in [6, 6.07) is 7.83. The van der Waals surface area contributed by atoms with Crippen molar-refractivity contribution in [1.82, 2.24) is 4.98 Å². The molecule has 4 nitrogen and oxygen atoms in total. The Kier molecular flexibility index (Phi) is 3.62. The number of nitrogens with zero attached hydrogens (tertiary/aromatic N) is 1. The van der Waals surface area contributed by atoms with Crippen LogP contribution in [0.4, 0.5) is 0 Å². The third kappa shape index (κ3) is 2.68. The Morgan fingerprint density at radius 2 is 2.00 bits per heavy atom. The van der Waals surface area contributed by atoms with Gasteiger partial charge in [-0.15, -0.1) is 0 Å². The van der Waals surface area contributed by atoms with Crippen LogP contribution >= 0.6 is 15.9 Å². The summed E-state index contributed by atoms with van der Waals surface area (Å²) in [6.07, 6.45) is 1.71. The number of benzene rings is 1. The van der Waals surface area contributed by atoms with E-state index in [1.54, 1.807) is 24.4 Å². The van der Waals surface area contributed by atoms with Crippen molar-refractivity contribution in [2.75, 3.05) is 0 Å². The molecule has 2 aromatic rings. The van der Waals surface area contributed by atoms with Crippen LogP contribution in [0, 0.1) is 0 Å². The van der Waals surface area contributed by atoms with E-state index in [1.165, 1.54) is 6.07 Å². The molecule has 0 aliphatic heterocycles. The van der Waals surface area contributed by atoms with Gasteiger partial charge in [-0.2, -0.15) is 0 Å². The Balaban J connectivity index is 2.27. The van der Waals surface area contributed by atoms with Crippen molar-refractivity contribution in [3.63, 3.8) is 0 Å². The lowest BCUT2D eigenvalue weighted by molar-refractivity contribution is 0.0989. The monoisotopic (exact) mass is 307 g/mol. The van der Waals surface area contributed by atoms with Crippen molar-refractivity contribution in [1.29, 1.82) is 0 Å². The first kappa shape index (κ1) is 12.6. The normalized spacial score (nSPS) is 10.3. The lowest BCUT2D eigenvalue weighted by Crippen LogP contribution is -2.05. The van der Waals surface area contributed by atoms with Crippen molar-refractivity contribution < 1.29 is 15.0 Å². The predicted octanol–water partition coefficient (Wildman–Crippen LogP) is 2.68. The molecule has 5 heteroatoms. The fourth-order valence-electron chi connectivity index (χ4n) is 1.54. The Bertz CT molecular complexity index is 584. The van der Waals surface area contributed by atoms with Crippen molar-refractivity contribution in [2.24, 2.45) is 0 Å². The number of phenols is 2. The highest BCUT2D eigenvalue weighted by Crippen LogP contribution is 2.31. The van der Waals surface area contributed by atoms with E-state index in [9.17, 15) is 15.0 Å². The lowest BCUT2D eigenvalue weighted by Gasteiger charge is -2.06. The predicted molar refractivity (Wildman–Crippen MR) is 69.7 cm³/mol. The molecule has 0 spiro atoms. The zero-order chi connectivity index (χ0) is 13.1. The van der Waals surface area contributed by atoms with Gasteiger partial charge in [0.15, 0.2) is 5.78 Å². The maximum absolute atomic E-state index is 12.0. The number of carbonyl (C=O) groups is 1. The van der Waals surface area contributed by atoms with E-state index in [-0.39, 0.29) is 29.3 Å². The minimum Gasteiger partial charge on any atom is -0.507 e. The molecule has 0 amide bonds. The first-order valence-electron chi connectivity index (χ1n) is 5.22. The van der Waals surface area contributed by atoms with Gasteiger partial charge < -0.3 is 10.2 Å². The summed E-state index contributed by atoms with van der Waals surface area (Å²) in [4.78, 5) is 16.0. The van der Waals surface area contributed by atoms with Crippen LogP contribution in [0.15, 0.2) is 41.0 Å². The number of aromatic hydroxyl groups is 2. The minimum absolute atomic E-state index is 0.103. The highest BCUT2D eigenvalue weighted by atomic mass is 79.9. The maximum atomic E-state index is 12.0. The first-order chi connectivity index (χ1) is 8.58. The Morgan fingerprint density at radius 1 is 1.22 bits per heavy atom. The summed E-state index contributed by atoms with van der Waals surface area (Å²) in [6.45, 7) is 0. The second-order valence-electron chi connectivity index (χ2n) is 3.74. The number of rotatable bonds is 3. The van der Waals surface area contributed by atoms with Gasteiger partial charge in [0.25, 0.3) is 0 Å². The fraction of sp³-hybridized carbons (Fsp3) is 0.0769. The van der Waals surface area contributed by atoms with E-state index in [0.29, 0.717) is 10.2 Å². The third-order valence-electron chi connectivity index (χ3n) is 2.43. The molecule has 18 heavy (non-hydrogen) atoms. The molecule has 2 N–H and O–H groups in total. The van der Waals surface area contributed by atoms with Gasteiger partial charge in [0.1, 0.15) is 11.5 Å². The molecule has 0 aliphatic rings. The molecule has 92 valence electrons. The highest BCUT2D eigenvalue weighted by molar-refractivity contribution is 9.10. The molecule has 0 saturated carbocycles. The van der Waals surface area contributed by atoms with Crippen LogP contribution < -0.4 is 0 Å². The number of phenolic OH excluding ortho intramolecular Hbond substituents is 2. The molecule has 0 radical (unpaired) electrons. The van der Waals surface area contributed by atoms with Crippen molar-refractivity contribution in [2.45, 2.75) is 6.42 Å². The van der Waals surface area contributed by atoms with E-state index in [4.69, 9.17) is 0 Å². The molecule has 2 rings (SSSR count). The average molecular weight is 308 g/mol. The highest BCUT2D eigenvalue weighted by Gasteiger charge is 2.15. The number of hydrogen-bond donors (Lipinski definition) is 2. The number of hydrogen-bond acceptors (Lipinski definition) is 4. The molecule has 1 aromatic heterocycles. The summed E-state index contributed by atoms with van der Waals surface area (Å²) in [5, 5.41) is 19.0. The van der Waals surface area contributed by atoms with Crippen molar-refractivity contribution >= 4 is 21.7 Å². The van der Waals surface area contributed by atoms with Crippen LogP contribution in [0.1, 0.15) is 16.1 Å². The number of carbonyl (C=O) groups excluding carboxylic acids is 1. The van der Waals surface area contributed by atoms with Crippen LogP contribution in [0.3, 0.4) is 0 Å². The number of pyridine rings is 1. The van der Waals surface area contributed by atoms with Crippen LogP contribution in [-0.2, 0) is 6.42 Å². The van der Waals surface area contributed by atoms with Gasteiger partial charge in [-0.25, -0.2) is 0 Å². The van der Waals surface area contributed by atoms with Crippen LogP contribution in [0.2, 0.25) is 0 Å². The van der Waals surface area contributed by atoms with E-state index in [0.717, 1.165) is 6.07 Å². The zero-order valence-electron chi connectivity index (χ0n) is 9.30. The van der Waals surface area contributed by atoms with Crippen LogP contribution in [-0.4, -0.2) is 21.0 Å². The number of Topliss-reactive ketones (excluding diaryl/α,β-unsaturated/α-hetero) is 1. The van der Waals surface area contributed by atoms with Gasteiger partial charge in [-0.1, -0.05) is 6.07 Å². The average Bonchev–Trinajstić information content (AvgIpc) is 2.35. The number of ketones is 1. The molecule has 0 atom stereocenters. The van der Waals surface area contributed by atoms with Gasteiger partial charge in [0.05, 0.1) is 16.5 Å². The van der Waals surface area contributed by atoms with E-state index in [2.05, 4.69) is 20.9 Å². The maximum Gasteiger partial charge on any atom is 0.172 e. The van der Waals surface area contributed by atoms with Crippen molar-refractivity contribution in [3.8, 4) is 11.5 Å². The lowest BCUT2D eigenvalue weighted by atomic mass is 10.0. The Labute approximate surface area is 112 Å². The summed E-state index contributed by atoms with van der Waals surface area (Å²) in [7, 11) is 0. The molecule has 0 saturated heterocycles. The van der Waals surface area contributed by atoms with Gasteiger partial charge in [0.2, 0.25) is 0 Å². The topological polar surface area (TPSA) is 70.4 Å². The number of halogens is 1. The first-order valence-corrected chi connectivity index (χ1v) is 6.02.